The maximum Gasteiger partial charge on any atom is 0.273 e. The van der Waals surface area contributed by atoms with Crippen LogP contribution >= 0.6 is 0 Å². The van der Waals surface area contributed by atoms with Gasteiger partial charge in [-0.1, -0.05) is 18.2 Å². The molecule has 0 heterocycles. The number of nitro groups is 1. The van der Waals surface area contributed by atoms with Gasteiger partial charge in [-0.3, -0.25) is 14.9 Å². The van der Waals surface area contributed by atoms with Gasteiger partial charge >= 0.3 is 0 Å². The van der Waals surface area contributed by atoms with E-state index in [0.29, 0.717) is 11.4 Å². The SMILES string of the molecule is COc1ccc([N+](=O)[O-])cc1OC(C)C(=O)Nc1ccccc1. The topological polar surface area (TPSA) is 90.7 Å². The van der Waals surface area contributed by atoms with Crippen molar-refractivity contribution in [3.8, 4) is 11.5 Å². The van der Waals surface area contributed by atoms with Gasteiger partial charge in [0.15, 0.2) is 17.6 Å². The highest BCUT2D eigenvalue weighted by Crippen LogP contribution is 2.32. The Morgan fingerprint density at radius 1 is 1.17 bits per heavy atom. The molecule has 2 rings (SSSR count). The average molecular weight is 316 g/mol. The number of carbonyl (C=O) groups is 1. The highest BCUT2D eigenvalue weighted by molar-refractivity contribution is 5.94. The number of benzene rings is 2. The number of carbonyl (C=O) groups excluding carboxylic acids is 1. The lowest BCUT2D eigenvalue weighted by Crippen LogP contribution is -2.30. The van der Waals surface area contributed by atoms with Gasteiger partial charge in [-0.15, -0.1) is 0 Å². The number of hydrogen-bond donors (Lipinski definition) is 1. The van der Waals surface area contributed by atoms with Crippen molar-refractivity contribution in [1.29, 1.82) is 0 Å². The third-order valence-corrected chi connectivity index (χ3v) is 3.07. The zero-order chi connectivity index (χ0) is 16.8. The molecule has 2 aromatic rings. The van der Waals surface area contributed by atoms with Crippen LogP contribution in [0, 0.1) is 10.1 Å². The third kappa shape index (κ3) is 4.19. The number of nitrogens with one attached hydrogen (secondary N) is 1. The number of anilines is 1. The normalized spacial score (nSPS) is 11.4. The summed E-state index contributed by atoms with van der Waals surface area (Å²) in [6.07, 6.45) is -0.855. The molecule has 0 aromatic heterocycles. The van der Waals surface area contributed by atoms with Gasteiger partial charge < -0.3 is 14.8 Å². The van der Waals surface area contributed by atoms with Gasteiger partial charge in [-0.2, -0.15) is 0 Å². The van der Waals surface area contributed by atoms with Gasteiger partial charge in [-0.05, 0) is 25.1 Å². The maximum atomic E-state index is 12.1. The predicted octanol–water partition coefficient (Wildman–Crippen LogP) is 3.01. The van der Waals surface area contributed by atoms with E-state index in [1.165, 1.54) is 25.3 Å². The van der Waals surface area contributed by atoms with Crippen LogP contribution in [0.3, 0.4) is 0 Å². The van der Waals surface area contributed by atoms with Crippen LogP contribution in [-0.4, -0.2) is 24.0 Å². The quantitative estimate of drug-likeness (QED) is 0.653. The molecular weight excluding hydrogens is 300 g/mol. The molecule has 120 valence electrons. The summed E-state index contributed by atoms with van der Waals surface area (Å²) < 4.78 is 10.6. The minimum Gasteiger partial charge on any atom is -0.493 e. The van der Waals surface area contributed by atoms with Gasteiger partial charge in [0.25, 0.3) is 11.6 Å². The lowest BCUT2D eigenvalue weighted by Gasteiger charge is -2.16. The Labute approximate surface area is 133 Å². The first-order chi connectivity index (χ1) is 11.0. The zero-order valence-corrected chi connectivity index (χ0v) is 12.7. The average Bonchev–Trinajstić information content (AvgIpc) is 2.55. The van der Waals surface area contributed by atoms with Gasteiger partial charge in [0.1, 0.15) is 0 Å². The molecule has 1 N–H and O–H groups in total. The number of amides is 1. The molecule has 0 fully saturated rings. The highest BCUT2D eigenvalue weighted by Gasteiger charge is 2.19. The van der Waals surface area contributed by atoms with Crippen molar-refractivity contribution in [3.63, 3.8) is 0 Å². The number of methoxy groups -OCH3 is 1. The summed E-state index contributed by atoms with van der Waals surface area (Å²) >= 11 is 0. The van der Waals surface area contributed by atoms with E-state index < -0.39 is 11.0 Å². The molecule has 2 aromatic carbocycles. The van der Waals surface area contributed by atoms with Crippen molar-refractivity contribution in [2.45, 2.75) is 13.0 Å². The Morgan fingerprint density at radius 3 is 2.48 bits per heavy atom. The molecule has 0 aliphatic heterocycles. The van der Waals surface area contributed by atoms with Gasteiger partial charge in [-0.25, -0.2) is 0 Å². The van der Waals surface area contributed by atoms with Crippen LogP contribution in [0.2, 0.25) is 0 Å². The van der Waals surface area contributed by atoms with Crippen molar-refractivity contribution in [1.82, 2.24) is 0 Å². The third-order valence-electron chi connectivity index (χ3n) is 3.07. The number of nitro benzene ring substituents is 1. The van der Waals surface area contributed by atoms with E-state index in [9.17, 15) is 14.9 Å². The molecule has 7 heteroatoms. The second-order valence-electron chi connectivity index (χ2n) is 4.71. The molecular formula is C16H16N2O5. The van der Waals surface area contributed by atoms with E-state index in [2.05, 4.69) is 5.32 Å². The molecule has 23 heavy (non-hydrogen) atoms. The number of rotatable bonds is 6. The summed E-state index contributed by atoms with van der Waals surface area (Å²) in [7, 11) is 1.42. The molecule has 1 atom stereocenters. The first-order valence-corrected chi connectivity index (χ1v) is 6.86. The van der Waals surface area contributed by atoms with E-state index in [1.807, 2.05) is 6.07 Å². The molecule has 1 amide bonds. The molecule has 0 radical (unpaired) electrons. The van der Waals surface area contributed by atoms with Gasteiger partial charge in [0.05, 0.1) is 18.1 Å². The zero-order valence-electron chi connectivity index (χ0n) is 12.7. The maximum absolute atomic E-state index is 12.1. The molecule has 7 nitrogen and oxygen atoms in total. The second-order valence-corrected chi connectivity index (χ2v) is 4.71. The fraction of sp³-hybridized carbons (Fsp3) is 0.188. The second kappa shape index (κ2) is 7.26. The van der Waals surface area contributed by atoms with Crippen molar-refractivity contribution >= 4 is 17.3 Å². The van der Waals surface area contributed by atoms with E-state index >= 15 is 0 Å². The van der Waals surface area contributed by atoms with Crippen LogP contribution in [0.1, 0.15) is 6.92 Å². The summed E-state index contributed by atoms with van der Waals surface area (Å²) in [6.45, 7) is 1.55. The van der Waals surface area contributed by atoms with E-state index in [0.717, 1.165) is 0 Å². The number of nitrogens with zero attached hydrogens (tertiary/aromatic N) is 1. The highest BCUT2D eigenvalue weighted by atomic mass is 16.6. The summed E-state index contributed by atoms with van der Waals surface area (Å²) in [5.41, 5.74) is 0.496. The number of ether oxygens (including phenoxy) is 2. The predicted molar refractivity (Wildman–Crippen MR) is 84.8 cm³/mol. The van der Waals surface area contributed by atoms with Crippen molar-refractivity contribution in [2.75, 3.05) is 12.4 Å². The molecule has 1 unspecified atom stereocenters. The van der Waals surface area contributed by atoms with E-state index in [-0.39, 0.29) is 17.3 Å². The number of non-ortho nitro benzene ring substituents is 1. The smallest absolute Gasteiger partial charge is 0.273 e. The summed E-state index contributed by atoms with van der Waals surface area (Å²) in [4.78, 5) is 22.4. The summed E-state index contributed by atoms with van der Waals surface area (Å²) in [5, 5.41) is 13.5. The lowest BCUT2D eigenvalue weighted by atomic mass is 10.2. The Hall–Kier alpha value is -3.09. The first-order valence-electron chi connectivity index (χ1n) is 6.86. The van der Waals surface area contributed by atoms with Crippen molar-refractivity contribution in [3.05, 3.63) is 58.6 Å². The molecule has 0 bridgehead atoms. The Balaban J connectivity index is 2.12. The van der Waals surface area contributed by atoms with Crippen LogP contribution in [0.5, 0.6) is 11.5 Å². The summed E-state index contributed by atoms with van der Waals surface area (Å²) in [5.74, 6) is 0.0807. The lowest BCUT2D eigenvalue weighted by molar-refractivity contribution is -0.385. The Morgan fingerprint density at radius 2 is 1.87 bits per heavy atom. The number of hydrogen-bond acceptors (Lipinski definition) is 5. The molecule has 0 aliphatic rings. The van der Waals surface area contributed by atoms with E-state index in [4.69, 9.17) is 9.47 Å². The fourth-order valence-electron chi connectivity index (χ4n) is 1.88. The van der Waals surface area contributed by atoms with Gasteiger partial charge in [0.2, 0.25) is 0 Å². The fourth-order valence-corrected chi connectivity index (χ4v) is 1.88. The molecule has 0 saturated carbocycles. The Kier molecular flexibility index (Phi) is 5.14. The van der Waals surface area contributed by atoms with Crippen LogP contribution < -0.4 is 14.8 Å². The standard InChI is InChI=1S/C16H16N2O5/c1-11(16(19)17-12-6-4-3-5-7-12)23-15-10-13(18(20)21)8-9-14(15)22-2/h3-11H,1-2H3,(H,17,19). The Bertz CT molecular complexity index is 703. The van der Waals surface area contributed by atoms with Crippen LogP contribution in [0.25, 0.3) is 0 Å². The molecule has 0 aliphatic carbocycles. The van der Waals surface area contributed by atoms with Crippen molar-refractivity contribution in [2.24, 2.45) is 0 Å². The number of para-hydroxylation sites is 1. The largest absolute Gasteiger partial charge is 0.493 e. The van der Waals surface area contributed by atoms with E-state index in [1.54, 1.807) is 31.2 Å². The molecule has 0 saturated heterocycles. The van der Waals surface area contributed by atoms with Crippen LogP contribution in [0.15, 0.2) is 48.5 Å². The van der Waals surface area contributed by atoms with Gasteiger partial charge in [0, 0.05) is 11.8 Å². The molecule has 0 spiro atoms. The van der Waals surface area contributed by atoms with Crippen LogP contribution in [-0.2, 0) is 4.79 Å². The van der Waals surface area contributed by atoms with Crippen LogP contribution in [0.4, 0.5) is 11.4 Å². The minimum atomic E-state index is -0.855. The minimum absolute atomic E-state index is 0.136. The summed E-state index contributed by atoms with van der Waals surface area (Å²) in [6, 6.07) is 12.9. The first kappa shape index (κ1) is 16.3. The van der Waals surface area contributed by atoms with Crippen molar-refractivity contribution < 1.29 is 19.2 Å². The monoisotopic (exact) mass is 316 g/mol.